The summed E-state index contributed by atoms with van der Waals surface area (Å²) in [4.78, 5) is 4.19. The minimum Gasteiger partial charge on any atom is -0.366 e. The van der Waals surface area contributed by atoms with Gasteiger partial charge in [0.1, 0.15) is 5.82 Å². The van der Waals surface area contributed by atoms with Crippen molar-refractivity contribution in [2.45, 2.75) is 25.3 Å². The first-order valence-electron chi connectivity index (χ1n) is 5.95. The number of aryl methyl sites for hydroxylation is 1. The van der Waals surface area contributed by atoms with Crippen LogP contribution in [0.4, 0.5) is 5.95 Å². The molecular formula is C13H13N5. The maximum absolute atomic E-state index is 8.79. The second-order valence-corrected chi connectivity index (χ2v) is 4.54. The molecule has 1 unspecified atom stereocenters. The largest absolute Gasteiger partial charge is 0.366 e. The quantitative estimate of drug-likeness (QED) is 0.817. The second kappa shape index (κ2) is 4.15. The number of rotatable bonds is 1. The Bertz CT molecular complexity index is 605. The van der Waals surface area contributed by atoms with E-state index >= 15 is 0 Å². The molecule has 5 nitrogen and oxygen atoms in total. The smallest absolute Gasteiger partial charge is 0.239 e. The predicted molar refractivity (Wildman–Crippen MR) is 66.7 cm³/mol. The van der Waals surface area contributed by atoms with Crippen molar-refractivity contribution in [3.05, 3.63) is 41.2 Å². The molecule has 0 amide bonds. The van der Waals surface area contributed by atoms with Crippen molar-refractivity contribution in [3.63, 3.8) is 0 Å². The van der Waals surface area contributed by atoms with Crippen molar-refractivity contribution < 1.29 is 0 Å². The fourth-order valence-corrected chi connectivity index (χ4v) is 2.43. The molecular weight excluding hydrogens is 226 g/mol. The van der Waals surface area contributed by atoms with Gasteiger partial charge in [-0.25, -0.2) is 4.68 Å². The fourth-order valence-electron chi connectivity index (χ4n) is 2.43. The lowest BCUT2D eigenvalue weighted by Crippen LogP contribution is -2.20. The maximum Gasteiger partial charge on any atom is 0.239 e. The Kier molecular flexibility index (Phi) is 2.49. The monoisotopic (exact) mass is 239 g/mol. The highest BCUT2D eigenvalue weighted by molar-refractivity contribution is 5.33. The van der Waals surface area contributed by atoms with Crippen LogP contribution in [0.2, 0.25) is 0 Å². The molecule has 2 heterocycles. The molecule has 5 heteroatoms. The molecule has 90 valence electrons. The molecule has 0 saturated heterocycles. The zero-order chi connectivity index (χ0) is 12.5. The predicted octanol–water partition coefficient (Wildman–Crippen LogP) is 1.46. The van der Waals surface area contributed by atoms with E-state index in [4.69, 9.17) is 11.0 Å². The fraction of sp³-hybridized carbons (Fsp3) is 0.308. The highest BCUT2D eigenvalue weighted by atomic mass is 15.4. The Morgan fingerprint density at radius 1 is 1.33 bits per heavy atom. The minimum atomic E-state index is 0.352. The maximum atomic E-state index is 8.79. The first kappa shape index (κ1) is 10.8. The molecule has 0 saturated carbocycles. The highest BCUT2D eigenvalue weighted by Gasteiger charge is 2.22. The summed E-state index contributed by atoms with van der Waals surface area (Å²) in [5.74, 6) is 1.74. The number of nitrogens with two attached hydrogens (primary N) is 1. The van der Waals surface area contributed by atoms with E-state index in [1.165, 1.54) is 5.56 Å². The number of nitrogen functional groups attached to an aromatic ring is 1. The third-order valence-electron chi connectivity index (χ3n) is 3.39. The van der Waals surface area contributed by atoms with E-state index in [0.717, 1.165) is 25.2 Å². The van der Waals surface area contributed by atoms with Crippen molar-refractivity contribution in [1.82, 2.24) is 14.8 Å². The number of nitrogens with zero attached hydrogens (tertiary/aromatic N) is 4. The molecule has 1 aliphatic rings. The summed E-state index contributed by atoms with van der Waals surface area (Å²) in [6.45, 7) is 0.811. The van der Waals surface area contributed by atoms with Gasteiger partial charge in [-0.1, -0.05) is 12.1 Å². The van der Waals surface area contributed by atoms with Crippen LogP contribution in [0.5, 0.6) is 0 Å². The van der Waals surface area contributed by atoms with Gasteiger partial charge < -0.3 is 5.73 Å². The standard InChI is InChI=1S/C13H13N5/c14-7-9-1-3-10(4-2-9)11-5-6-12-16-13(15)17-18(12)8-11/h1-4,11H,5-6,8H2,(H2,15,17). The van der Waals surface area contributed by atoms with Crippen molar-refractivity contribution in [3.8, 4) is 6.07 Å². The zero-order valence-electron chi connectivity index (χ0n) is 9.87. The normalized spacial score (nSPS) is 18.1. The summed E-state index contributed by atoms with van der Waals surface area (Å²) < 4.78 is 1.89. The molecule has 2 aromatic rings. The molecule has 1 aromatic heterocycles. The number of anilines is 1. The van der Waals surface area contributed by atoms with Gasteiger partial charge in [-0.05, 0) is 24.1 Å². The summed E-state index contributed by atoms with van der Waals surface area (Å²) >= 11 is 0. The van der Waals surface area contributed by atoms with E-state index in [2.05, 4.69) is 16.2 Å². The van der Waals surface area contributed by atoms with Crippen molar-refractivity contribution in [2.75, 3.05) is 5.73 Å². The van der Waals surface area contributed by atoms with Gasteiger partial charge in [-0.15, -0.1) is 5.10 Å². The van der Waals surface area contributed by atoms with Gasteiger partial charge in [-0.3, -0.25) is 0 Å². The van der Waals surface area contributed by atoms with Crippen LogP contribution in [0.3, 0.4) is 0 Å². The molecule has 0 bridgehead atoms. The molecule has 2 N–H and O–H groups in total. The number of hydrogen-bond donors (Lipinski definition) is 1. The minimum absolute atomic E-state index is 0.352. The third-order valence-corrected chi connectivity index (χ3v) is 3.39. The summed E-state index contributed by atoms with van der Waals surface area (Å²) in [5.41, 5.74) is 7.54. The Labute approximate surface area is 105 Å². The van der Waals surface area contributed by atoms with E-state index in [1.807, 2.05) is 28.9 Å². The number of benzene rings is 1. The van der Waals surface area contributed by atoms with E-state index in [0.29, 0.717) is 17.4 Å². The lowest BCUT2D eigenvalue weighted by atomic mass is 9.91. The van der Waals surface area contributed by atoms with Crippen LogP contribution < -0.4 is 5.73 Å². The van der Waals surface area contributed by atoms with Gasteiger partial charge in [-0.2, -0.15) is 10.2 Å². The topological polar surface area (TPSA) is 80.5 Å². The summed E-state index contributed by atoms with van der Waals surface area (Å²) in [6.07, 6.45) is 1.94. The molecule has 1 aliphatic heterocycles. The first-order valence-corrected chi connectivity index (χ1v) is 5.95. The molecule has 0 radical (unpaired) electrons. The van der Waals surface area contributed by atoms with Gasteiger partial charge in [0.15, 0.2) is 0 Å². The van der Waals surface area contributed by atoms with Gasteiger partial charge in [0.2, 0.25) is 5.95 Å². The van der Waals surface area contributed by atoms with E-state index in [-0.39, 0.29) is 0 Å². The number of nitriles is 1. The highest BCUT2D eigenvalue weighted by Crippen LogP contribution is 2.28. The van der Waals surface area contributed by atoms with Gasteiger partial charge in [0.05, 0.1) is 11.6 Å². The molecule has 0 spiro atoms. The van der Waals surface area contributed by atoms with Crippen LogP contribution in [0.1, 0.15) is 29.3 Å². The van der Waals surface area contributed by atoms with Gasteiger partial charge in [0, 0.05) is 18.9 Å². The Morgan fingerprint density at radius 2 is 2.11 bits per heavy atom. The SMILES string of the molecule is N#Cc1ccc(C2CCc3nc(N)nn3C2)cc1. The van der Waals surface area contributed by atoms with Crippen molar-refractivity contribution in [1.29, 1.82) is 5.26 Å². The van der Waals surface area contributed by atoms with Crippen LogP contribution in [-0.4, -0.2) is 14.8 Å². The van der Waals surface area contributed by atoms with E-state index < -0.39 is 0 Å². The van der Waals surface area contributed by atoms with Gasteiger partial charge >= 0.3 is 0 Å². The lowest BCUT2D eigenvalue weighted by Gasteiger charge is -2.22. The van der Waals surface area contributed by atoms with Crippen molar-refractivity contribution >= 4 is 5.95 Å². The molecule has 18 heavy (non-hydrogen) atoms. The van der Waals surface area contributed by atoms with Gasteiger partial charge in [0.25, 0.3) is 0 Å². The Hall–Kier alpha value is -2.35. The molecule has 0 fully saturated rings. The van der Waals surface area contributed by atoms with Crippen LogP contribution in [0.15, 0.2) is 24.3 Å². The van der Waals surface area contributed by atoms with Crippen LogP contribution in [0.25, 0.3) is 0 Å². The zero-order valence-corrected chi connectivity index (χ0v) is 9.87. The summed E-state index contributed by atoms with van der Waals surface area (Å²) in [6, 6.07) is 9.90. The summed E-state index contributed by atoms with van der Waals surface area (Å²) in [5, 5.41) is 13.0. The molecule has 1 atom stereocenters. The third kappa shape index (κ3) is 1.82. The van der Waals surface area contributed by atoms with Crippen LogP contribution >= 0.6 is 0 Å². The van der Waals surface area contributed by atoms with E-state index in [1.54, 1.807) is 0 Å². The van der Waals surface area contributed by atoms with Crippen LogP contribution in [0, 0.1) is 11.3 Å². The van der Waals surface area contributed by atoms with Crippen molar-refractivity contribution in [2.24, 2.45) is 0 Å². The second-order valence-electron chi connectivity index (χ2n) is 4.54. The lowest BCUT2D eigenvalue weighted by molar-refractivity contribution is 0.423. The number of aromatic nitrogens is 3. The number of fused-ring (bicyclic) bond motifs is 1. The Morgan fingerprint density at radius 3 is 2.83 bits per heavy atom. The first-order chi connectivity index (χ1) is 8.76. The number of hydrogen-bond acceptors (Lipinski definition) is 4. The average molecular weight is 239 g/mol. The molecule has 0 aliphatic carbocycles. The molecule has 3 rings (SSSR count). The summed E-state index contributed by atoms with van der Waals surface area (Å²) in [7, 11) is 0. The average Bonchev–Trinajstić information content (AvgIpc) is 2.78. The molecule has 1 aromatic carbocycles. The van der Waals surface area contributed by atoms with E-state index in [9.17, 15) is 0 Å². The Balaban J connectivity index is 1.84. The van der Waals surface area contributed by atoms with Crippen LogP contribution in [-0.2, 0) is 13.0 Å².